The van der Waals surface area contributed by atoms with E-state index >= 15 is 0 Å². The van der Waals surface area contributed by atoms with E-state index < -0.39 is 5.97 Å². The fraction of sp³-hybridized carbons (Fsp3) is 0.364. The molecule has 0 radical (unpaired) electrons. The van der Waals surface area contributed by atoms with E-state index in [0.29, 0.717) is 5.69 Å². The van der Waals surface area contributed by atoms with Crippen LogP contribution in [-0.2, 0) is 0 Å². The van der Waals surface area contributed by atoms with Gasteiger partial charge in [-0.05, 0) is 12.5 Å². The molecule has 3 heteroatoms. The zero-order chi connectivity index (χ0) is 10.4. The van der Waals surface area contributed by atoms with Crippen LogP contribution in [0.5, 0.6) is 0 Å². The van der Waals surface area contributed by atoms with E-state index in [9.17, 15) is 9.90 Å². The van der Waals surface area contributed by atoms with Gasteiger partial charge >= 0.3 is 0 Å². The molecule has 1 aromatic rings. The number of carboxylic acid groups (broad SMARTS) is 1. The normalized spacial score (nSPS) is 9.79. The van der Waals surface area contributed by atoms with E-state index in [1.165, 1.54) is 0 Å². The maximum Gasteiger partial charge on any atom is 0.0736 e. The number of nitrogens with one attached hydrogen (secondary N) is 1. The number of unbranched alkanes of at least 4 members (excludes halogenated alkanes) is 1. The van der Waals surface area contributed by atoms with Gasteiger partial charge in [-0.15, -0.1) is 0 Å². The second kappa shape index (κ2) is 5.27. The number of carbonyl (C=O) groups excluding carboxylic acids is 1. The van der Waals surface area contributed by atoms with Gasteiger partial charge < -0.3 is 15.2 Å². The lowest BCUT2D eigenvalue weighted by molar-refractivity contribution is -0.254. The molecule has 0 aliphatic rings. The summed E-state index contributed by atoms with van der Waals surface area (Å²) < 4.78 is 0. The molecule has 0 spiro atoms. The standard InChI is InChI=1S/C11H15NO2/c1-2-3-8-12-10-7-5-4-6-9(10)11(13)14/h4-7,12H,2-3,8H2,1H3,(H,13,14)/p-1. The highest BCUT2D eigenvalue weighted by molar-refractivity contribution is 5.92. The first-order chi connectivity index (χ1) is 6.75. The van der Waals surface area contributed by atoms with Crippen molar-refractivity contribution in [1.82, 2.24) is 0 Å². The first kappa shape index (κ1) is 10.6. The third-order valence-electron chi connectivity index (χ3n) is 1.99. The van der Waals surface area contributed by atoms with Crippen molar-refractivity contribution >= 4 is 11.7 Å². The van der Waals surface area contributed by atoms with Crippen LogP contribution >= 0.6 is 0 Å². The van der Waals surface area contributed by atoms with E-state index in [4.69, 9.17) is 0 Å². The summed E-state index contributed by atoms with van der Waals surface area (Å²) in [6, 6.07) is 6.79. The minimum absolute atomic E-state index is 0.226. The van der Waals surface area contributed by atoms with Crippen LogP contribution < -0.4 is 10.4 Å². The van der Waals surface area contributed by atoms with Crippen molar-refractivity contribution in [3.8, 4) is 0 Å². The maximum atomic E-state index is 10.7. The molecule has 0 aromatic heterocycles. The molecular weight excluding hydrogens is 178 g/mol. The van der Waals surface area contributed by atoms with Crippen LogP contribution in [0.3, 0.4) is 0 Å². The Kier molecular flexibility index (Phi) is 3.98. The predicted molar refractivity (Wildman–Crippen MR) is 54.2 cm³/mol. The molecule has 0 saturated carbocycles. The Bertz CT molecular complexity index is 310. The van der Waals surface area contributed by atoms with Crippen LogP contribution in [0, 0.1) is 0 Å². The van der Waals surface area contributed by atoms with Gasteiger partial charge in [0, 0.05) is 17.8 Å². The molecule has 76 valence electrons. The summed E-state index contributed by atoms with van der Waals surface area (Å²) in [7, 11) is 0. The Balaban J connectivity index is 2.69. The van der Waals surface area contributed by atoms with Crippen molar-refractivity contribution < 1.29 is 9.90 Å². The smallest absolute Gasteiger partial charge is 0.0736 e. The predicted octanol–water partition coefficient (Wildman–Crippen LogP) is 1.26. The molecule has 1 aromatic carbocycles. The number of anilines is 1. The fourth-order valence-corrected chi connectivity index (χ4v) is 1.22. The van der Waals surface area contributed by atoms with E-state index in [2.05, 4.69) is 12.2 Å². The Morgan fingerprint density at radius 2 is 2.14 bits per heavy atom. The van der Waals surface area contributed by atoms with E-state index in [0.717, 1.165) is 19.4 Å². The number of para-hydroxylation sites is 1. The van der Waals surface area contributed by atoms with Crippen LogP contribution in [0.15, 0.2) is 24.3 Å². The maximum absolute atomic E-state index is 10.7. The molecule has 0 bridgehead atoms. The van der Waals surface area contributed by atoms with Crippen LogP contribution in [-0.4, -0.2) is 12.5 Å². The number of carboxylic acids is 1. The van der Waals surface area contributed by atoms with Crippen LogP contribution in [0.1, 0.15) is 30.1 Å². The van der Waals surface area contributed by atoms with Crippen LogP contribution in [0.2, 0.25) is 0 Å². The van der Waals surface area contributed by atoms with Crippen molar-refractivity contribution in [1.29, 1.82) is 0 Å². The molecule has 0 atom stereocenters. The Labute approximate surface area is 83.8 Å². The molecule has 0 unspecified atom stereocenters. The van der Waals surface area contributed by atoms with E-state index in [1.807, 2.05) is 0 Å². The lowest BCUT2D eigenvalue weighted by atomic mass is 10.2. The molecule has 1 N–H and O–H groups in total. The quantitative estimate of drug-likeness (QED) is 0.714. The average molecular weight is 192 g/mol. The van der Waals surface area contributed by atoms with Gasteiger partial charge in [0.05, 0.1) is 5.97 Å². The summed E-state index contributed by atoms with van der Waals surface area (Å²) >= 11 is 0. The molecule has 14 heavy (non-hydrogen) atoms. The molecular formula is C11H14NO2-. The average Bonchev–Trinajstić information content (AvgIpc) is 2.19. The largest absolute Gasteiger partial charge is 0.545 e. The summed E-state index contributed by atoms with van der Waals surface area (Å²) in [6.07, 6.45) is 2.11. The molecule has 0 saturated heterocycles. The number of hydrogen-bond acceptors (Lipinski definition) is 3. The summed E-state index contributed by atoms with van der Waals surface area (Å²) in [6.45, 7) is 2.88. The Morgan fingerprint density at radius 3 is 2.79 bits per heavy atom. The zero-order valence-electron chi connectivity index (χ0n) is 8.25. The summed E-state index contributed by atoms with van der Waals surface area (Å²) in [5.74, 6) is -1.13. The van der Waals surface area contributed by atoms with Gasteiger partial charge in [-0.1, -0.05) is 31.5 Å². The highest BCUT2D eigenvalue weighted by Gasteiger charge is 2.00. The van der Waals surface area contributed by atoms with Crippen molar-refractivity contribution in [2.75, 3.05) is 11.9 Å². The lowest BCUT2D eigenvalue weighted by Gasteiger charge is -2.11. The second-order valence-electron chi connectivity index (χ2n) is 3.11. The highest BCUT2D eigenvalue weighted by atomic mass is 16.4. The zero-order valence-corrected chi connectivity index (χ0v) is 8.25. The van der Waals surface area contributed by atoms with Gasteiger partial charge in [0.15, 0.2) is 0 Å². The van der Waals surface area contributed by atoms with Crippen molar-refractivity contribution in [2.45, 2.75) is 19.8 Å². The molecule has 0 aliphatic heterocycles. The minimum atomic E-state index is -1.13. The molecule has 1 rings (SSSR count). The molecule has 3 nitrogen and oxygen atoms in total. The fourth-order valence-electron chi connectivity index (χ4n) is 1.22. The molecule has 0 aliphatic carbocycles. The first-order valence-electron chi connectivity index (χ1n) is 4.80. The Morgan fingerprint density at radius 1 is 1.43 bits per heavy atom. The van der Waals surface area contributed by atoms with Gasteiger partial charge in [-0.3, -0.25) is 0 Å². The number of carbonyl (C=O) groups is 1. The summed E-state index contributed by atoms with van der Waals surface area (Å²) in [4.78, 5) is 10.7. The van der Waals surface area contributed by atoms with E-state index in [-0.39, 0.29) is 5.56 Å². The topological polar surface area (TPSA) is 52.2 Å². The number of hydrogen-bond donors (Lipinski definition) is 1. The number of aromatic carboxylic acids is 1. The highest BCUT2D eigenvalue weighted by Crippen LogP contribution is 2.13. The van der Waals surface area contributed by atoms with Crippen LogP contribution in [0.25, 0.3) is 0 Å². The van der Waals surface area contributed by atoms with Gasteiger partial charge in [0.2, 0.25) is 0 Å². The van der Waals surface area contributed by atoms with Gasteiger partial charge in [-0.25, -0.2) is 0 Å². The third-order valence-corrected chi connectivity index (χ3v) is 1.99. The van der Waals surface area contributed by atoms with Crippen LogP contribution in [0.4, 0.5) is 5.69 Å². The molecule has 0 amide bonds. The van der Waals surface area contributed by atoms with Crippen molar-refractivity contribution in [3.05, 3.63) is 29.8 Å². The second-order valence-corrected chi connectivity index (χ2v) is 3.11. The summed E-state index contributed by atoms with van der Waals surface area (Å²) in [5, 5.41) is 13.8. The van der Waals surface area contributed by atoms with Gasteiger partial charge in [-0.2, -0.15) is 0 Å². The Hall–Kier alpha value is -1.51. The third kappa shape index (κ3) is 2.76. The van der Waals surface area contributed by atoms with Gasteiger partial charge in [0.25, 0.3) is 0 Å². The monoisotopic (exact) mass is 192 g/mol. The SMILES string of the molecule is CCCCNc1ccccc1C(=O)[O-]. The number of benzene rings is 1. The minimum Gasteiger partial charge on any atom is -0.545 e. The summed E-state index contributed by atoms with van der Waals surface area (Å²) in [5.41, 5.74) is 0.865. The first-order valence-corrected chi connectivity index (χ1v) is 4.80. The number of rotatable bonds is 5. The van der Waals surface area contributed by atoms with Crippen molar-refractivity contribution in [2.24, 2.45) is 0 Å². The lowest BCUT2D eigenvalue weighted by Crippen LogP contribution is -2.23. The van der Waals surface area contributed by atoms with E-state index in [1.54, 1.807) is 24.3 Å². The molecule has 0 fully saturated rings. The van der Waals surface area contributed by atoms with Gasteiger partial charge in [0.1, 0.15) is 0 Å². The van der Waals surface area contributed by atoms with Crippen molar-refractivity contribution in [3.63, 3.8) is 0 Å². The molecule has 0 heterocycles.